The second kappa shape index (κ2) is 15.5. The minimum Gasteiger partial charge on any atom is -0.310 e. The Morgan fingerprint density at radius 3 is 1.23 bits per heavy atom. The summed E-state index contributed by atoms with van der Waals surface area (Å²) in [5.41, 5.74) is 16.6. The molecule has 0 aliphatic carbocycles. The molecule has 0 aliphatic rings. The molecule has 0 aliphatic heterocycles. The Kier molecular flexibility index (Phi) is 8.89. The first kappa shape index (κ1) is 37.8. The second-order valence-corrected chi connectivity index (χ2v) is 17.2. The summed E-state index contributed by atoms with van der Waals surface area (Å²) in [7, 11) is 0. The molecule has 13 rings (SSSR count). The quantitative estimate of drug-likeness (QED) is 0.138. The van der Waals surface area contributed by atoms with Crippen LogP contribution in [0.3, 0.4) is 0 Å². The third-order valence-corrected chi connectivity index (χ3v) is 13.6. The average Bonchev–Trinajstić information content (AvgIpc) is 3.73. The Hall–Kier alpha value is -8.72. The molecule has 0 saturated carbocycles. The van der Waals surface area contributed by atoms with E-state index in [-0.39, 0.29) is 0 Å². The molecular weight excluding hydrogens is 797 g/mol. The van der Waals surface area contributed by atoms with Crippen molar-refractivity contribution in [3.05, 3.63) is 255 Å². The number of hydrogen-bond acceptors (Lipinski definition) is 1. The number of benzene rings is 12. The zero-order valence-electron chi connectivity index (χ0n) is 36.1. The molecule has 0 bridgehead atoms. The van der Waals surface area contributed by atoms with Crippen molar-refractivity contribution < 1.29 is 0 Å². The molecule has 2 heteroatoms. The molecule has 0 unspecified atom stereocenters. The standard InChI is InChI=1S/C64H42N2/c1-3-13-43(14-4-1)44-23-25-45(26-24-44)46-27-35-51(36-28-46)65(52-37-29-48(30-38-52)54-18-8-7-17-53(54)47-15-5-2-6-16-47)61-41-33-49-32-40-58-62(42-34-50-31-39-57(61)63(49)64(50)58)66-59-21-11-9-19-55(59)56-20-10-12-22-60(56)66/h1-42H. The van der Waals surface area contributed by atoms with Crippen molar-refractivity contribution in [2.24, 2.45) is 0 Å². The fraction of sp³-hybridized carbons (Fsp3) is 0. The number of rotatable bonds is 8. The maximum absolute atomic E-state index is 2.46. The molecule has 1 aromatic heterocycles. The molecule has 0 saturated heterocycles. The third-order valence-electron chi connectivity index (χ3n) is 13.6. The molecular formula is C64H42N2. The fourth-order valence-electron chi connectivity index (χ4n) is 10.5. The van der Waals surface area contributed by atoms with Gasteiger partial charge in [0.2, 0.25) is 0 Å². The molecule has 0 amide bonds. The summed E-state index contributed by atoms with van der Waals surface area (Å²) >= 11 is 0. The Morgan fingerprint density at radius 2 is 0.652 bits per heavy atom. The predicted molar refractivity (Wildman–Crippen MR) is 281 cm³/mol. The van der Waals surface area contributed by atoms with Crippen LogP contribution in [0.25, 0.3) is 104 Å². The van der Waals surface area contributed by atoms with Gasteiger partial charge in [-0.1, -0.05) is 206 Å². The first-order valence-electron chi connectivity index (χ1n) is 22.8. The van der Waals surface area contributed by atoms with Gasteiger partial charge in [0, 0.05) is 32.9 Å². The molecule has 1 heterocycles. The van der Waals surface area contributed by atoms with Crippen LogP contribution in [-0.2, 0) is 0 Å². The van der Waals surface area contributed by atoms with Gasteiger partial charge in [0.05, 0.1) is 22.4 Å². The highest BCUT2D eigenvalue weighted by molar-refractivity contribution is 6.27. The summed E-state index contributed by atoms with van der Waals surface area (Å²) in [5, 5.41) is 10.0. The molecule has 308 valence electrons. The molecule has 13 aromatic rings. The molecule has 0 N–H and O–H groups in total. The van der Waals surface area contributed by atoms with Gasteiger partial charge in [0.25, 0.3) is 0 Å². The van der Waals surface area contributed by atoms with E-state index in [4.69, 9.17) is 0 Å². The Labute approximate surface area is 383 Å². The summed E-state index contributed by atoms with van der Waals surface area (Å²) in [4.78, 5) is 2.44. The van der Waals surface area contributed by atoms with Gasteiger partial charge >= 0.3 is 0 Å². The molecule has 0 fully saturated rings. The third kappa shape index (κ3) is 6.18. The lowest BCUT2D eigenvalue weighted by molar-refractivity contribution is 1.20. The van der Waals surface area contributed by atoms with Crippen molar-refractivity contribution >= 4 is 71.2 Å². The molecule has 12 aromatic carbocycles. The predicted octanol–water partition coefficient (Wildman–Crippen LogP) is 17.8. The number of nitrogens with zero attached hydrogens (tertiary/aromatic N) is 2. The van der Waals surface area contributed by atoms with Crippen molar-refractivity contribution in [2.45, 2.75) is 0 Å². The summed E-state index contributed by atoms with van der Waals surface area (Å²) < 4.78 is 2.46. The monoisotopic (exact) mass is 838 g/mol. The van der Waals surface area contributed by atoms with Crippen molar-refractivity contribution in [3.8, 4) is 50.2 Å². The molecule has 2 nitrogen and oxygen atoms in total. The van der Waals surface area contributed by atoms with E-state index in [0.29, 0.717) is 0 Å². The van der Waals surface area contributed by atoms with Crippen molar-refractivity contribution in [1.82, 2.24) is 4.57 Å². The van der Waals surface area contributed by atoms with Crippen LogP contribution < -0.4 is 4.90 Å². The maximum Gasteiger partial charge on any atom is 0.0541 e. The lowest BCUT2D eigenvalue weighted by Gasteiger charge is -2.28. The first-order chi connectivity index (χ1) is 32.7. The van der Waals surface area contributed by atoms with E-state index in [9.17, 15) is 0 Å². The topological polar surface area (TPSA) is 8.17 Å². The minimum absolute atomic E-state index is 1.09. The largest absolute Gasteiger partial charge is 0.310 e. The van der Waals surface area contributed by atoms with Gasteiger partial charge < -0.3 is 9.47 Å². The highest BCUT2D eigenvalue weighted by atomic mass is 15.1. The van der Waals surface area contributed by atoms with Gasteiger partial charge in [0.15, 0.2) is 0 Å². The van der Waals surface area contributed by atoms with Crippen LogP contribution in [-0.4, -0.2) is 4.57 Å². The lowest BCUT2D eigenvalue weighted by Crippen LogP contribution is -2.10. The van der Waals surface area contributed by atoms with E-state index < -0.39 is 0 Å². The zero-order chi connectivity index (χ0) is 43.6. The van der Waals surface area contributed by atoms with Gasteiger partial charge in [0.1, 0.15) is 0 Å². The van der Waals surface area contributed by atoms with E-state index in [1.165, 1.54) is 104 Å². The molecule has 0 radical (unpaired) electrons. The maximum atomic E-state index is 2.46. The zero-order valence-corrected chi connectivity index (χ0v) is 36.1. The Morgan fingerprint density at radius 1 is 0.258 bits per heavy atom. The minimum atomic E-state index is 1.09. The van der Waals surface area contributed by atoms with Gasteiger partial charge in [-0.15, -0.1) is 0 Å². The van der Waals surface area contributed by atoms with Crippen LogP contribution in [0.15, 0.2) is 255 Å². The van der Waals surface area contributed by atoms with Crippen LogP contribution in [0.1, 0.15) is 0 Å². The summed E-state index contributed by atoms with van der Waals surface area (Å²) in [6.45, 7) is 0. The average molecular weight is 839 g/mol. The first-order valence-corrected chi connectivity index (χ1v) is 22.8. The van der Waals surface area contributed by atoms with E-state index in [1.807, 2.05) is 0 Å². The van der Waals surface area contributed by atoms with Gasteiger partial charge in [-0.2, -0.15) is 0 Å². The highest BCUT2D eigenvalue weighted by Gasteiger charge is 2.21. The van der Waals surface area contributed by atoms with Crippen LogP contribution >= 0.6 is 0 Å². The van der Waals surface area contributed by atoms with E-state index in [1.54, 1.807) is 0 Å². The van der Waals surface area contributed by atoms with Crippen molar-refractivity contribution in [3.63, 3.8) is 0 Å². The van der Waals surface area contributed by atoms with Gasteiger partial charge in [-0.25, -0.2) is 0 Å². The summed E-state index contributed by atoms with van der Waals surface area (Å²) in [6, 6.07) is 93.2. The number of aromatic nitrogens is 1. The van der Waals surface area contributed by atoms with Crippen molar-refractivity contribution in [1.29, 1.82) is 0 Å². The van der Waals surface area contributed by atoms with Gasteiger partial charge in [-0.3, -0.25) is 0 Å². The smallest absolute Gasteiger partial charge is 0.0541 e. The summed E-state index contributed by atoms with van der Waals surface area (Å²) in [5.74, 6) is 0. The van der Waals surface area contributed by atoms with Crippen LogP contribution in [0, 0.1) is 0 Å². The van der Waals surface area contributed by atoms with E-state index >= 15 is 0 Å². The summed E-state index contributed by atoms with van der Waals surface area (Å²) in [6.07, 6.45) is 0. The molecule has 0 spiro atoms. The molecule has 66 heavy (non-hydrogen) atoms. The van der Waals surface area contributed by atoms with Crippen LogP contribution in [0.2, 0.25) is 0 Å². The number of hydrogen-bond donors (Lipinski definition) is 0. The Bertz CT molecular complexity index is 3830. The SMILES string of the molecule is c1ccc(-c2ccc(-c3ccc(N(c4ccc(-c5ccccc5-c5ccccc5)cc4)c4ccc5ccc6c(-n7c8ccccc8c8ccccc87)ccc7ccc4c5c76)cc3)cc2)cc1. The number of anilines is 3. The van der Waals surface area contributed by atoms with Crippen molar-refractivity contribution in [2.75, 3.05) is 4.90 Å². The van der Waals surface area contributed by atoms with E-state index in [2.05, 4.69) is 264 Å². The van der Waals surface area contributed by atoms with Crippen LogP contribution in [0.5, 0.6) is 0 Å². The fourth-order valence-corrected chi connectivity index (χ4v) is 10.5. The second-order valence-electron chi connectivity index (χ2n) is 17.2. The lowest BCUT2D eigenvalue weighted by atomic mass is 9.92. The number of para-hydroxylation sites is 2. The normalized spacial score (nSPS) is 11.6. The van der Waals surface area contributed by atoms with Crippen LogP contribution in [0.4, 0.5) is 17.1 Å². The highest BCUT2D eigenvalue weighted by Crippen LogP contribution is 2.46. The van der Waals surface area contributed by atoms with Gasteiger partial charge in [-0.05, 0) is 115 Å². The van der Waals surface area contributed by atoms with E-state index in [0.717, 1.165) is 17.1 Å². The molecule has 0 atom stereocenters. The number of fused-ring (bicyclic) bond motifs is 3. The Balaban J connectivity index is 0.975.